The molecule has 1 N–H and O–H groups in total. The van der Waals surface area contributed by atoms with E-state index in [-0.39, 0.29) is 5.91 Å². The molecule has 1 amide bonds. The number of carbonyl (C=O) groups excluding carboxylic acids is 1. The minimum Gasteiger partial charge on any atom is -0.493 e. The molecule has 3 aromatic rings. The third kappa shape index (κ3) is 5.49. The monoisotopic (exact) mass is 435 g/mol. The Morgan fingerprint density at radius 1 is 1.06 bits per heavy atom. The van der Waals surface area contributed by atoms with Crippen molar-refractivity contribution < 1.29 is 14.3 Å². The molecule has 1 heterocycles. The first kappa shape index (κ1) is 23.4. The van der Waals surface area contributed by atoms with Crippen LogP contribution >= 0.6 is 0 Å². The van der Waals surface area contributed by atoms with Crippen LogP contribution in [0.15, 0.2) is 55.0 Å². The standard InChI is InChI=1S/C26H33N3O3/c1-5-7-9-19(6-2)16-28-26(30)23-17-27-18-29(23)22-11-8-10-20(14-22)21-12-13-24(31-3)25(15-21)32-4/h8,10-15,17-19H,5-7,9,16H2,1-4H3,(H,28,30)/t19-/m1/s1. The summed E-state index contributed by atoms with van der Waals surface area (Å²) in [7, 11) is 3.25. The number of ether oxygens (including phenoxy) is 2. The lowest BCUT2D eigenvalue weighted by Crippen LogP contribution is -2.30. The maximum absolute atomic E-state index is 12.9. The SMILES string of the molecule is CCCC[C@@H](CC)CNC(=O)c1cncn1-c1cccc(-c2ccc(OC)c(OC)c2)c1. The first-order valence-electron chi connectivity index (χ1n) is 11.2. The third-order valence-corrected chi connectivity index (χ3v) is 5.81. The number of aromatic nitrogens is 2. The van der Waals surface area contributed by atoms with Gasteiger partial charge in [0.25, 0.3) is 5.91 Å². The molecule has 1 aromatic heterocycles. The van der Waals surface area contributed by atoms with Crippen LogP contribution in [0.1, 0.15) is 50.0 Å². The van der Waals surface area contributed by atoms with Gasteiger partial charge in [-0.05, 0) is 47.7 Å². The summed E-state index contributed by atoms with van der Waals surface area (Å²) in [6, 6.07) is 13.8. The van der Waals surface area contributed by atoms with Crippen LogP contribution < -0.4 is 14.8 Å². The largest absolute Gasteiger partial charge is 0.493 e. The van der Waals surface area contributed by atoms with Gasteiger partial charge in [0, 0.05) is 12.2 Å². The molecular formula is C26H33N3O3. The number of imidazole rings is 1. The number of nitrogens with one attached hydrogen (secondary N) is 1. The van der Waals surface area contributed by atoms with Crippen LogP contribution in [0.3, 0.4) is 0 Å². The molecule has 0 aliphatic heterocycles. The van der Waals surface area contributed by atoms with Crippen LogP contribution in [0.25, 0.3) is 16.8 Å². The average molecular weight is 436 g/mol. The average Bonchev–Trinajstić information content (AvgIpc) is 3.34. The zero-order chi connectivity index (χ0) is 22.9. The smallest absolute Gasteiger partial charge is 0.269 e. The Bertz CT molecular complexity index is 1030. The van der Waals surface area contributed by atoms with Gasteiger partial charge in [-0.15, -0.1) is 0 Å². The maximum atomic E-state index is 12.9. The van der Waals surface area contributed by atoms with Crippen molar-refractivity contribution in [2.75, 3.05) is 20.8 Å². The van der Waals surface area contributed by atoms with Crippen LogP contribution in [-0.2, 0) is 0 Å². The quantitative estimate of drug-likeness (QED) is 0.432. The number of hydrogen-bond acceptors (Lipinski definition) is 4. The highest BCUT2D eigenvalue weighted by Crippen LogP contribution is 2.33. The van der Waals surface area contributed by atoms with E-state index < -0.39 is 0 Å². The lowest BCUT2D eigenvalue weighted by Gasteiger charge is -2.16. The van der Waals surface area contributed by atoms with Crippen molar-refractivity contribution in [1.29, 1.82) is 0 Å². The highest BCUT2D eigenvalue weighted by atomic mass is 16.5. The first-order valence-corrected chi connectivity index (χ1v) is 11.2. The second-order valence-electron chi connectivity index (χ2n) is 7.90. The highest BCUT2D eigenvalue weighted by molar-refractivity contribution is 5.93. The normalized spacial score (nSPS) is 11.8. The van der Waals surface area contributed by atoms with Crippen molar-refractivity contribution >= 4 is 5.91 Å². The Hall–Kier alpha value is -3.28. The van der Waals surface area contributed by atoms with Crippen LogP contribution in [0, 0.1) is 5.92 Å². The maximum Gasteiger partial charge on any atom is 0.269 e. The molecule has 6 heteroatoms. The topological polar surface area (TPSA) is 65.4 Å². The van der Waals surface area contributed by atoms with E-state index in [9.17, 15) is 4.79 Å². The molecule has 0 aliphatic carbocycles. The molecule has 6 nitrogen and oxygen atoms in total. The number of methoxy groups -OCH3 is 2. The molecule has 2 aromatic carbocycles. The fraction of sp³-hybridized carbons (Fsp3) is 0.385. The molecule has 0 fully saturated rings. The van der Waals surface area contributed by atoms with E-state index in [2.05, 4.69) is 24.1 Å². The number of hydrogen-bond donors (Lipinski definition) is 1. The minimum absolute atomic E-state index is 0.103. The van der Waals surface area contributed by atoms with Gasteiger partial charge in [-0.1, -0.05) is 51.3 Å². The fourth-order valence-electron chi connectivity index (χ4n) is 3.79. The number of amides is 1. The Morgan fingerprint density at radius 3 is 2.56 bits per heavy atom. The van der Waals surface area contributed by atoms with Crippen LogP contribution in [-0.4, -0.2) is 36.2 Å². The summed E-state index contributed by atoms with van der Waals surface area (Å²) in [6.07, 6.45) is 7.86. The third-order valence-electron chi connectivity index (χ3n) is 5.81. The van der Waals surface area contributed by atoms with E-state index in [4.69, 9.17) is 9.47 Å². The van der Waals surface area contributed by atoms with E-state index in [0.717, 1.165) is 29.7 Å². The Balaban J connectivity index is 1.81. The van der Waals surface area contributed by atoms with Gasteiger partial charge in [0.15, 0.2) is 11.5 Å². The lowest BCUT2D eigenvalue weighted by molar-refractivity contribution is 0.0939. The van der Waals surface area contributed by atoms with Gasteiger partial charge in [0.2, 0.25) is 0 Å². The summed E-state index contributed by atoms with van der Waals surface area (Å²) in [5, 5.41) is 3.10. The Labute approximate surface area is 190 Å². The summed E-state index contributed by atoms with van der Waals surface area (Å²) >= 11 is 0. The predicted octanol–water partition coefficient (Wildman–Crippen LogP) is 5.50. The van der Waals surface area contributed by atoms with Crippen LogP contribution in [0.5, 0.6) is 11.5 Å². The molecule has 0 bridgehead atoms. The molecule has 3 rings (SSSR count). The highest BCUT2D eigenvalue weighted by Gasteiger charge is 2.15. The number of nitrogens with zero attached hydrogens (tertiary/aromatic N) is 2. The summed E-state index contributed by atoms with van der Waals surface area (Å²) in [4.78, 5) is 17.1. The number of unbranched alkanes of at least 4 members (excludes halogenated alkanes) is 1. The van der Waals surface area contributed by atoms with Crippen molar-refractivity contribution in [1.82, 2.24) is 14.9 Å². The number of carbonyl (C=O) groups is 1. The molecule has 0 spiro atoms. The van der Waals surface area contributed by atoms with Gasteiger partial charge in [-0.25, -0.2) is 4.98 Å². The van der Waals surface area contributed by atoms with Gasteiger partial charge < -0.3 is 14.8 Å². The predicted molar refractivity (Wildman–Crippen MR) is 128 cm³/mol. The van der Waals surface area contributed by atoms with E-state index in [1.807, 2.05) is 47.0 Å². The van der Waals surface area contributed by atoms with E-state index in [0.29, 0.717) is 29.7 Å². The second-order valence-corrected chi connectivity index (χ2v) is 7.90. The van der Waals surface area contributed by atoms with Crippen LogP contribution in [0.2, 0.25) is 0 Å². The van der Waals surface area contributed by atoms with Crippen molar-refractivity contribution in [3.63, 3.8) is 0 Å². The Kier molecular flexibility index (Phi) is 8.31. The number of benzene rings is 2. The molecule has 0 unspecified atom stereocenters. The molecule has 0 aliphatic rings. The zero-order valence-corrected chi connectivity index (χ0v) is 19.4. The summed E-state index contributed by atoms with van der Waals surface area (Å²) < 4.78 is 12.6. The van der Waals surface area contributed by atoms with Gasteiger partial charge in [-0.2, -0.15) is 0 Å². The molecular weight excluding hydrogens is 402 g/mol. The second kappa shape index (κ2) is 11.4. The van der Waals surface area contributed by atoms with Crippen molar-refractivity contribution in [3.05, 3.63) is 60.7 Å². The van der Waals surface area contributed by atoms with Gasteiger partial charge in [0.1, 0.15) is 5.69 Å². The van der Waals surface area contributed by atoms with Crippen molar-refractivity contribution in [3.8, 4) is 28.3 Å². The van der Waals surface area contributed by atoms with Crippen molar-refractivity contribution in [2.24, 2.45) is 5.92 Å². The lowest BCUT2D eigenvalue weighted by atomic mass is 9.99. The van der Waals surface area contributed by atoms with Crippen LogP contribution in [0.4, 0.5) is 0 Å². The zero-order valence-electron chi connectivity index (χ0n) is 19.4. The first-order chi connectivity index (χ1) is 15.6. The summed E-state index contributed by atoms with van der Waals surface area (Å²) in [6.45, 7) is 5.06. The van der Waals surface area contributed by atoms with Gasteiger partial charge in [-0.3, -0.25) is 9.36 Å². The van der Waals surface area contributed by atoms with E-state index >= 15 is 0 Å². The fourth-order valence-corrected chi connectivity index (χ4v) is 3.79. The molecule has 0 radical (unpaired) electrons. The van der Waals surface area contributed by atoms with E-state index in [1.165, 1.54) is 12.8 Å². The summed E-state index contributed by atoms with van der Waals surface area (Å²) in [5.41, 5.74) is 3.41. The molecule has 32 heavy (non-hydrogen) atoms. The molecule has 1 atom stereocenters. The van der Waals surface area contributed by atoms with Gasteiger partial charge in [0.05, 0.1) is 26.7 Å². The Morgan fingerprint density at radius 2 is 1.84 bits per heavy atom. The summed E-state index contributed by atoms with van der Waals surface area (Å²) in [5.74, 6) is 1.76. The molecule has 0 saturated carbocycles. The number of rotatable bonds is 11. The van der Waals surface area contributed by atoms with Gasteiger partial charge >= 0.3 is 0 Å². The molecule has 170 valence electrons. The minimum atomic E-state index is -0.103. The van der Waals surface area contributed by atoms with E-state index in [1.54, 1.807) is 26.7 Å². The molecule has 0 saturated heterocycles. The van der Waals surface area contributed by atoms with Crippen molar-refractivity contribution in [2.45, 2.75) is 39.5 Å².